The monoisotopic (exact) mass is 396 g/mol. The zero-order valence-corrected chi connectivity index (χ0v) is 15.1. The Labute approximate surface area is 149 Å². The van der Waals surface area contributed by atoms with Gasteiger partial charge in [0.05, 0.1) is 7.11 Å². The fraction of sp³-hybridized carbons (Fsp3) is 0.235. The average molecular weight is 398 g/mol. The van der Waals surface area contributed by atoms with Gasteiger partial charge in [-0.2, -0.15) is 0 Å². The van der Waals surface area contributed by atoms with Gasteiger partial charge in [0.15, 0.2) is 0 Å². The molecule has 2 aromatic carbocycles. The minimum absolute atomic E-state index is 0.184. The van der Waals surface area contributed by atoms with Crippen LogP contribution in [0.25, 0.3) is 0 Å². The number of nitrogens with one attached hydrogen (secondary N) is 1. The fourth-order valence-corrected chi connectivity index (χ4v) is 2.54. The number of amides is 2. The summed E-state index contributed by atoms with van der Waals surface area (Å²) in [6.07, 6.45) is 0. The number of carbonyl (C=O) groups is 1. The molecule has 0 heterocycles. The summed E-state index contributed by atoms with van der Waals surface area (Å²) in [5, 5.41) is 2.91. The molecule has 122 valence electrons. The summed E-state index contributed by atoms with van der Waals surface area (Å²) < 4.78 is 6.15. The molecule has 0 saturated heterocycles. The van der Waals surface area contributed by atoms with Crippen molar-refractivity contribution >= 4 is 39.2 Å². The maximum Gasteiger partial charge on any atom is 0.322 e. The first-order chi connectivity index (χ1) is 11.1. The Kier molecular flexibility index (Phi) is 6.74. The summed E-state index contributed by atoms with van der Waals surface area (Å²) in [6, 6.07) is 15.0. The van der Waals surface area contributed by atoms with Crippen LogP contribution in [0.15, 0.2) is 53.0 Å². The Morgan fingerprint density at radius 2 is 2.00 bits per heavy atom. The number of methoxy groups -OCH3 is 1. The maximum absolute atomic E-state index is 12.5. The van der Waals surface area contributed by atoms with Crippen LogP contribution in [0.3, 0.4) is 0 Å². The van der Waals surface area contributed by atoms with Crippen LogP contribution in [0.5, 0.6) is 5.75 Å². The maximum atomic E-state index is 12.5. The van der Waals surface area contributed by atoms with E-state index in [0.717, 1.165) is 21.5 Å². The molecule has 0 aliphatic rings. The molecule has 2 rings (SSSR count). The van der Waals surface area contributed by atoms with E-state index < -0.39 is 0 Å². The molecular weight excluding hydrogens is 380 g/mol. The zero-order chi connectivity index (χ0) is 16.7. The van der Waals surface area contributed by atoms with E-state index in [2.05, 4.69) is 21.2 Å². The van der Waals surface area contributed by atoms with Crippen molar-refractivity contribution in [3.8, 4) is 5.75 Å². The first-order valence-corrected chi connectivity index (χ1v) is 8.46. The van der Waals surface area contributed by atoms with Gasteiger partial charge in [-0.15, -0.1) is 11.6 Å². The second kappa shape index (κ2) is 8.79. The first-order valence-electron chi connectivity index (χ1n) is 7.14. The number of hydrogen-bond donors (Lipinski definition) is 1. The quantitative estimate of drug-likeness (QED) is 0.733. The smallest absolute Gasteiger partial charge is 0.322 e. The Bertz CT molecular complexity index is 649. The van der Waals surface area contributed by atoms with Crippen molar-refractivity contribution in [3.63, 3.8) is 0 Å². The van der Waals surface area contributed by atoms with Crippen LogP contribution in [-0.2, 0) is 6.54 Å². The average Bonchev–Trinajstić information content (AvgIpc) is 2.58. The molecule has 4 nitrogen and oxygen atoms in total. The minimum atomic E-state index is -0.184. The predicted molar refractivity (Wildman–Crippen MR) is 97.4 cm³/mol. The van der Waals surface area contributed by atoms with Crippen LogP contribution < -0.4 is 15.0 Å². The van der Waals surface area contributed by atoms with Crippen LogP contribution in [-0.4, -0.2) is 25.6 Å². The SMILES string of the molecule is COc1cccc(CNC(=O)N(CCCl)c2ccc(Br)cc2)c1. The molecule has 0 saturated carbocycles. The van der Waals surface area contributed by atoms with Gasteiger partial charge in [-0.1, -0.05) is 28.1 Å². The van der Waals surface area contributed by atoms with Crippen LogP contribution in [0, 0.1) is 0 Å². The number of nitrogens with zero attached hydrogens (tertiary/aromatic N) is 1. The van der Waals surface area contributed by atoms with E-state index in [1.54, 1.807) is 12.0 Å². The number of rotatable bonds is 6. The molecule has 0 aliphatic carbocycles. The van der Waals surface area contributed by atoms with E-state index in [4.69, 9.17) is 16.3 Å². The Balaban J connectivity index is 2.04. The highest BCUT2D eigenvalue weighted by Gasteiger charge is 2.14. The van der Waals surface area contributed by atoms with Crippen molar-refractivity contribution < 1.29 is 9.53 Å². The molecule has 0 aliphatic heterocycles. The van der Waals surface area contributed by atoms with Gasteiger partial charge in [0.2, 0.25) is 0 Å². The van der Waals surface area contributed by atoms with Gasteiger partial charge in [-0.05, 0) is 42.0 Å². The number of hydrogen-bond acceptors (Lipinski definition) is 2. The van der Waals surface area contributed by atoms with E-state index >= 15 is 0 Å². The summed E-state index contributed by atoms with van der Waals surface area (Å²) in [6.45, 7) is 0.860. The number of carbonyl (C=O) groups excluding carboxylic acids is 1. The summed E-state index contributed by atoms with van der Waals surface area (Å²) >= 11 is 9.22. The highest BCUT2D eigenvalue weighted by atomic mass is 79.9. The third-order valence-corrected chi connectivity index (χ3v) is 3.97. The van der Waals surface area contributed by atoms with Crippen molar-refractivity contribution in [2.75, 3.05) is 24.4 Å². The van der Waals surface area contributed by atoms with Gasteiger partial charge in [0, 0.05) is 29.1 Å². The largest absolute Gasteiger partial charge is 0.497 e. The molecule has 23 heavy (non-hydrogen) atoms. The van der Waals surface area contributed by atoms with Crippen LogP contribution in [0.2, 0.25) is 0 Å². The van der Waals surface area contributed by atoms with E-state index in [1.807, 2.05) is 48.5 Å². The first kappa shape index (κ1) is 17.6. The third kappa shape index (κ3) is 5.15. The molecule has 6 heteroatoms. The molecule has 0 atom stereocenters. The normalized spacial score (nSPS) is 10.2. The minimum Gasteiger partial charge on any atom is -0.497 e. The molecule has 0 radical (unpaired) electrons. The van der Waals surface area contributed by atoms with Crippen molar-refractivity contribution in [2.24, 2.45) is 0 Å². The molecule has 2 amide bonds. The molecule has 0 fully saturated rings. The molecule has 1 N–H and O–H groups in total. The van der Waals surface area contributed by atoms with Crippen molar-refractivity contribution in [3.05, 3.63) is 58.6 Å². The number of benzene rings is 2. The lowest BCUT2D eigenvalue weighted by molar-refractivity contribution is 0.246. The Morgan fingerprint density at radius 1 is 1.26 bits per heavy atom. The molecule has 0 bridgehead atoms. The third-order valence-electron chi connectivity index (χ3n) is 3.27. The van der Waals surface area contributed by atoms with Crippen LogP contribution in [0.4, 0.5) is 10.5 Å². The summed E-state index contributed by atoms with van der Waals surface area (Å²) in [7, 11) is 1.62. The molecular formula is C17H18BrClN2O2. The molecule has 0 unspecified atom stereocenters. The number of anilines is 1. The summed E-state index contributed by atoms with van der Waals surface area (Å²) in [5.74, 6) is 1.13. The Hall–Kier alpha value is -1.72. The van der Waals surface area contributed by atoms with Gasteiger partial charge in [0.25, 0.3) is 0 Å². The van der Waals surface area contributed by atoms with Gasteiger partial charge < -0.3 is 10.1 Å². The van der Waals surface area contributed by atoms with Crippen LogP contribution >= 0.6 is 27.5 Å². The number of halogens is 2. The van der Waals surface area contributed by atoms with Crippen LogP contribution in [0.1, 0.15) is 5.56 Å². The van der Waals surface area contributed by atoms with Gasteiger partial charge in [-0.3, -0.25) is 4.90 Å². The van der Waals surface area contributed by atoms with Gasteiger partial charge in [-0.25, -0.2) is 4.79 Å². The van der Waals surface area contributed by atoms with Crippen molar-refractivity contribution in [2.45, 2.75) is 6.54 Å². The Morgan fingerprint density at radius 3 is 2.65 bits per heavy atom. The lowest BCUT2D eigenvalue weighted by atomic mass is 10.2. The molecule has 0 spiro atoms. The second-order valence-electron chi connectivity index (χ2n) is 4.83. The highest BCUT2D eigenvalue weighted by Crippen LogP contribution is 2.19. The predicted octanol–water partition coefficient (Wildman–Crippen LogP) is 4.41. The number of ether oxygens (including phenoxy) is 1. The fourth-order valence-electron chi connectivity index (χ4n) is 2.11. The number of alkyl halides is 1. The lowest BCUT2D eigenvalue weighted by Crippen LogP contribution is -2.40. The molecule has 2 aromatic rings. The van der Waals surface area contributed by atoms with E-state index in [-0.39, 0.29) is 6.03 Å². The highest BCUT2D eigenvalue weighted by molar-refractivity contribution is 9.10. The summed E-state index contributed by atoms with van der Waals surface area (Å²) in [4.78, 5) is 14.1. The number of urea groups is 1. The van der Waals surface area contributed by atoms with Gasteiger partial charge >= 0.3 is 6.03 Å². The lowest BCUT2D eigenvalue weighted by Gasteiger charge is -2.22. The topological polar surface area (TPSA) is 41.6 Å². The second-order valence-corrected chi connectivity index (χ2v) is 6.12. The van der Waals surface area contributed by atoms with E-state index in [0.29, 0.717) is 19.0 Å². The molecule has 0 aromatic heterocycles. The summed E-state index contributed by atoms with van der Waals surface area (Å²) in [5.41, 5.74) is 1.77. The standard InChI is InChI=1S/C17H18BrClN2O2/c1-23-16-4-2-3-13(11-16)12-20-17(22)21(10-9-19)15-7-5-14(18)6-8-15/h2-8,11H,9-10,12H2,1H3,(H,20,22). The van der Waals surface area contributed by atoms with Gasteiger partial charge in [0.1, 0.15) is 5.75 Å². The van der Waals surface area contributed by atoms with E-state index in [9.17, 15) is 4.79 Å². The zero-order valence-electron chi connectivity index (χ0n) is 12.8. The van der Waals surface area contributed by atoms with Crippen molar-refractivity contribution in [1.29, 1.82) is 0 Å². The van der Waals surface area contributed by atoms with E-state index in [1.165, 1.54) is 0 Å². The van der Waals surface area contributed by atoms with Crippen molar-refractivity contribution in [1.82, 2.24) is 5.32 Å².